The van der Waals surface area contributed by atoms with Crippen molar-refractivity contribution in [2.45, 2.75) is 18.7 Å². The second-order valence-corrected chi connectivity index (χ2v) is 8.54. The first-order valence-corrected chi connectivity index (χ1v) is 10.8. The highest BCUT2D eigenvalue weighted by Crippen LogP contribution is 2.35. The maximum atomic E-state index is 4.75. The van der Waals surface area contributed by atoms with Gasteiger partial charge in [-0.15, -0.1) is 23.1 Å². The molecule has 4 rings (SSSR count). The molecule has 0 spiro atoms. The molecule has 0 saturated heterocycles. The van der Waals surface area contributed by atoms with Crippen molar-refractivity contribution in [2.75, 3.05) is 11.6 Å². The van der Waals surface area contributed by atoms with E-state index in [4.69, 9.17) is 9.97 Å². The highest BCUT2D eigenvalue weighted by atomic mass is 32.2. The zero-order valence-corrected chi connectivity index (χ0v) is 16.6. The highest BCUT2D eigenvalue weighted by molar-refractivity contribution is 7.98. The number of para-hydroxylation sites is 1. The smallest absolute Gasteiger partial charge is 0.190 e. The molecule has 0 fully saturated rings. The lowest BCUT2D eigenvalue weighted by molar-refractivity contribution is 1.32. The van der Waals surface area contributed by atoms with Gasteiger partial charge in [0.15, 0.2) is 10.3 Å². The van der Waals surface area contributed by atoms with Crippen LogP contribution < -0.4 is 5.32 Å². The van der Waals surface area contributed by atoms with E-state index in [0.29, 0.717) is 0 Å². The molecular formula is C19H17N3S3. The van der Waals surface area contributed by atoms with Crippen molar-refractivity contribution in [1.29, 1.82) is 0 Å². The number of aryl methyl sites for hydroxylation is 2. The Balaban J connectivity index is 1.63. The first-order valence-electron chi connectivity index (χ1n) is 7.88. The molecule has 2 heterocycles. The molecule has 0 radical (unpaired) electrons. The summed E-state index contributed by atoms with van der Waals surface area (Å²) in [6.07, 6.45) is 2.08. The SMILES string of the molecule is CSc1cccc2sc(Nc3nc(-c4ccc(C)cc4C)cs3)nc12. The molecule has 2 aromatic heterocycles. The van der Waals surface area contributed by atoms with Gasteiger partial charge in [0.2, 0.25) is 0 Å². The number of thiazole rings is 2. The molecule has 2 aromatic carbocycles. The summed E-state index contributed by atoms with van der Waals surface area (Å²) in [6.45, 7) is 4.24. The van der Waals surface area contributed by atoms with Gasteiger partial charge in [-0.25, -0.2) is 9.97 Å². The quantitative estimate of drug-likeness (QED) is 0.408. The number of hydrogen-bond acceptors (Lipinski definition) is 6. The van der Waals surface area contributed by atoms with Crippen LogP contribution in [-0.2, 0) is 0 Å². The Morgan fingerprint density at radius 3 is 2.72 bits per heavy atom. The summed E-state index contributed by atoms with van der Waals surface area (Å²) in [5.41, 5.74) is 5.78. The zero-order chi connectivity index (χ0) is 17.4. The normalized spacial score (nSPS) is 11.2. The van der Waals surface area contributed by atoms with Crippen LogP contribution in [0, 0.1) is 13.8 Å². The molecule has 0 aliphatic carbocycles. The van der Waals surface area contributed by atoms with Gasteiger partial charge in [0.1, 0.15) is 0 Å². The minimum absolute atomic E-state index is 0.875. The van der Waals surface area contributed by atoms with Crippen LogP contribution in [0.3, 0.4) is 0 Å². The molecule has 0 unspecified atom stereocenters. The lowest BCUT2D eigenvalue weighted by atomic mass is 10.0. The number of rotatable bonds is 4. The molecule has 0 bridgehead atoms. The standard InChI is InChI=1S/C19H17N3S3/c1-11-7-8-13(12(2)9-11)14-10-24-18(20-14)22-19-21-17-15(23-3)5-4-6-16(17)25-19/h4-10H,1-3H3,(H,20,21,22). The number of fused-ring (bicyclic) bond motifs is 1. The molecule has 0 aliphatic rings. The fraction of sp³-hybridized carbons (Fsp3) is 0.158. The third-order valence-electron chi connectivity index (χ3n) is 3.98. The third kappa shape index (κ3) is 3.29. The highest BCUT2D eigenvalue weighted by Gasteiger charge is 2.11. The molecule has 25 heavy (non-hydrogen) atoms. The Labute approximate surface area is 159 Å². The molecule has 0 amide bonds. The number of nitrogens with zero attached hydrogens (tertiary/aromatic N) is 2. The molecule has 0 atom stereocenters. The monoisotopic (exact) mass is 383 g/mol. The van der Waals surface area contributed by atoms with Crippen molar-refractivity contribution in [2.24, 2.45) is 0 Å². The maximum absolute atomic E-state index is 4.75. The number of hydrogen-bond donors (Lipinski definition) is 1. The van der Waals surface area contributed by atoms with Gasteiger partial charge in [-0.2, -0.15) is 0 Å². The van der Waals surface area contributed by atoms with E-state index in [2.05, 4.69) is 67.2 Å². The maximum Gasteiger partial charge on any atom is 0.190 e. The van der Waals surface area contributed by atoms with E-state index in [-0.39, 0.29) is 0 Å². The fourth-order valence-corrected chi connectivity index (χ4v) is 5.08. The van der Waals surface area contributed by atoms with E-state index < -0.39 is 0 Å². The van der Waals surface area contributed by atoms with Gasteiger partial charge in [0.05, 0.1) is 15.9 Å². The summed E-state index contributed by atoms with van der Waals surface area (Å²) in [5, 5.41) is 7.23. The minimum Gasteiger partial charge on any atom is -0.307 e. The Hall–Kier alpha value is -1.89. The summed E-state index contributed by atoms with van der Waals surface area (Å²) in [5.74, 6) is 0. The summed E-state index contributed by atoms with van der Waals surface area (Å²) in [7, 11) is 0. The van der Waals surface area contributed by atoms with E-state index in [9.17, 15) is 0 Å². The Morgan fingerprint density at radius 1 is 1.04 bits per heavy atom. The predicted molar refractivity (Wildman–Crippen MR) is 112 cm³/mol. The average Bonchev–Trinajstić information content (AvgIpc) is 3.21. The molecule has 4 aromatic rings. The summed E-state index contributed by atoms with van der Waals surface area (Å²) >= 11 is 5.00. The van der Waals surface area contributed by atoms with Gasteiger partial charge in [0.25, 0.3) is 0 Å². The molecular weight excluding hydrogens is 366 g/mol. The number of aromatic nitrogens is 2. The lowest BCUT2D eigenvalue weighted by Gasteiger charge is -2.03. The van der Waals surface area contributed by atoms with E-state index >= 15 is 0 Å². The largest absolute Gasteiger partial charge is 0.307 e. The third-order valence-corrected chi connectivity index (χ3v) is 6.44. The lowest BCUT2D eigenvalue weighted by Crippen LogP contribution is -1.89. The molecule has 1 N–H and O–H groups in total. The Kier molecular flexibility index (Phi) is 4.50. The van der Waals surface area contributed by atoms with Crippen LogP contribution in [0.1, 0.15) is 11.1 Å². The van der Waals surface area contributed by atoms with Gasteiger partial charge in [0, 0.05) is 15.8 Å². The van der Waals surface area contributed by atoms with Crippen molar-refractivity contribution >= 4 is 54.9 Å². The first kappa shape index (κ1) is 16.6. The van der Waals surface area contributed by atoms with Crippen LogP contribution in [0.2, 0.25) is 0 Å². The number of anilines is 2. The van der Waals surface area contributed by atoms with Crippen LogP contribution in [0.15, 0.2) is 46.7 Å². The second-order valence-electron chi connectivity index (χ2n) is 5.81. The molecule has 3 nitrogen and oxygen atoms in total. The van der Waals surface area contributed by atoms with E-state index in [1.165, 1.54) is 26.3 Å². The second kappa shape index (κ2) is 6.78. The van der Waals surface area contributed by atoms with E-state index in [1.54, 1.807) is 34.4 Å². The summed E-state index contributed by atoms with van der Waals surface area (Å²) < 4.78 is 1.19. The van der Waals surface area contributed by atoms with Gasteiger partial charge in [-0.05, 0) is 37.8 Å². The van der Waals surface area contributed by atoms with Crippen LogP contribution in [-0.4, -0.2) is 16.2 Å². The number of thioether (sulfide) groups is 1. The Bertz CT molecular complexity index is 1050. The van der Waals surface area contributed by atoms with E-state index in [1.807, 2.05) is 0 Å². The molecule has 6 heteroatoms. The van der Waals surface area contributed by atoms with Gasteiger partial charge >= 0.3 is 0 Å². The average molecular weight is 384 g/mol. The number of nitrogens with one attached hydrogen (secondary N) is 1. The van der Waals surface area contributed by atoms with Crippen molar-refractivity contribution in [3.63, 3.8) is 0 Å². The first-order chi connectivity index (χ1) is 12.1. The predicted octanol–water partition coefficient (Wildman–Crippen LogP) is 6.50. The Morgan fingerprint density at radius 2 is 1.92 bits per heavy atom. The van der Waals surface area contributed by atoms with Crippen molar-refractivity contribution in [3.8, 4) is 11.3 Å². The topological polar surface area (TPSA) is 37.8 Å². The van der Waals surface area contributed by atoms with Crippen LogP contribution >= 0.6 is 34.4 Å². The van der Waals surface area contributed by atoms with Crippen LogP contribution in [0.4, 0.5) is 10.3 Å². The number of benzene rings is 2. The molecule has 126 valence electrons. The zero-order valence-electron chi connectivity index (χ0n) is 14.2. The van der Waals surface area contributed by atoms with Gasteiger partial charge in [-0.3, -0.25) is 0 Å². The summed E-state index contributed by atoms with van der Waals surface area (Å²) in [6, 6.07) is 12.8. The van der Waals surface area contributed by atoms with Crippen LogP contribution in [0.5, 0.6) is 0 Å². The van der Waals surface area contributed by atoms with Crippen molar-refractivity contribution in [1.82, 2.24) is 9.97 Å². The minimum atomic E-state index is 0.875. The molecule has 0 saturated carbocycles. The van der Waals surface area contributed by atoms with Gasteiger partial charge in [-0.1, -0.05) is 41.2 Å². The van der Waals surface area contributed by atoms with Gasteiger partial charge < -0.3 is 5.32 Å². The molecule has 0 aliphatic heterocycles. The van der Waals surface area contributed by atoms with Crippen molar-refractivity contribution < 1.29 is 0 Å². The summed E-state index contributed by atoms with van der Waals surface area (Å²) in [4.78, 5) is 10.7. The van der Waals surface area contributed by atoms with Crippen molar-refractivity contribution in [3.05, 3.63) is 52.9 Å². The van der Waals surface area contributed by atoms with Crippen LogP contribution in [0.25, 0.3) is 21.5 Å². The fourth-order valence-electron chi connectivity index (χ4n) is 2.79. The van der Waals surface area contributed by atoms with E-state index in [0.717, 1.165) is 21.5 Å².